The molecule has 19 heavy (non-hydrogen) atoms. The van der Waals surface area contributed by atoms with Crippen LogP contribution in [-0.2, 0) is 0 Å². The maximum Gasteiger partial charge on any atom is 0.0709 e. The summed E-state index contributed by atoms with van der Waals surface area (Å²) in [5.41, 5.74) is 4.38. The lowest BCUT2D eigenvalue weighted by molar-refractivity contribution is 1.29. The van der Waals surface area contributed by atoms with Crippen LogP contribution in [0.15, 0.2) is 71.6 Å². The van der Waals surface area contributed by atoms with Gasteiger partial charge in [-0.25, -0.2) is 0 Å². The lowest BCUT2D eigenvalue weighted by Crippen LogP contribution is -1.85. The molecule has 2 heterocycles. The van der Waals surface area contributed by atoms with E-state index in [1.54, 1.807) is 12.4 Å². The summed E-state index contributed by atoms with van der Waals surface area (Å²) in [5, 5.41) is 0. The Morgan fingerprint density at radius 1 is 0.684 bits per heavy atom. The van der Waals surface area contributed by atoms with Crippen molar-refractivity contribution < 1.29 is 0 Å². The summed E-state index contributed by atoms with van der Waals surface area (Å²) in [4.78, 5) is 8.44. The summed E-state index contributed by atoms with van der Waals surface area (Å²) in [7, 11) is 0. The first kappa shape index (κ1) is 12.1. The van der Waals surface area contributed by atoms with Gasteiger partial charge in [0.1, 0.15) is 0 Å². The molecule has 0 radical (unpaired) electrons. The van der Waals surface area contributed by atoms with Crippen LogP contribution in [0.2, 0.25) is 0 Å². The molecule has 2 nitrogen and oxygen atoms in total. The van der Waals surface area contributed by atoms with E-state index in [2.05, 4.69) is 44.1 Å². The predicted octanol–water partition coefficient (Wildman–Crippen LogP) is 4.57. The Labute approximate surface area is 120 Å². The van der Waals surface area contributed by atoms with Crippen LogP contribution in [0.25, 0.3) is 22.4 Å². The molecule has 0 bridgehead atoms. The zero-order valence-corrected chi connectivity index (χ0v) is 11.7. The normalized spacial score (nSPS) is 10.4. The van der Waals surface area contributed by atoms with Gasteiger partial charge in [-0.1, -0.05) is 28.1 Å². The molecule has 1 aromatic carbocycles. The van der Waals surface area contributed by atoms with E-state index in [4.69, 9.17) is 0 Å². The molecule has 0 N–H and O–H groups in total. The molecule has 0 saturated carbocycles. The Kier molecular flexibility index (Phi) is 3.38. The van der Waals surface area contributed by atoms with E-state index in [0.29, 0.717) is 0 Å². The van der Waals surface area contributed by atoms with Gasteiger partial charge in [0.25, 0.3) is 0 Å². The van der Waals surface area contributed by atoms with E-state index in [0.717, 1.165) is 21.3 Å². The fourth-order valence-electron chi connectivity index (χ4n) is 1.93. The van der Waals surface area contributed by atoms with Crippen LogP contribution in [0, 0.1) is 0 Å². The Bertz CT molecular complexity index is 679. The smallest absolute Gasteiger partial charge is 0.0709 e. The van der Waals surface area contributed by atoms with Crippen molar-refractivity contribution in [1.29, 1.82) is 0 Å². The molecule has 3 aromatic rings. The standard InChI is InChI=1S/C16H11BrN2/c17-15-3-1-12(2-4-15)14-7-10-19-16(11-14)13-5-8-18-9-6-13/h1-11H. The van der Waals surface area contributed by atoms with Crippen LogP contribution < -0.4 is 0 Å². The zero-order chi connectivity index (χ0) is 13.1. The van der Waals surface area contributed by atoms with E-state index < -0.39 is 0 Å². The second kappa shape index (κ2) is 5.33. The monoisotopic (exact) mass is 310 g/mol. The van der Waals surface area contributed by atoms with Gasteiger partial charge in [0.05, 0.1) is 5.69 Å². The highest BCUT2D eigenvalue weighted by atomic mass is 79.9. The lowest BCUT2D eigenvalue weighted by atomic mass is 10.0. The third kappa shape index (κ3) is 2.71. The average Bonchev–Trinajstić information content (AvgIpc) is 2.49. The topological polar surface area (TPSA) is 25.8 Å². The molecule has 3 heteroatoms. The molecular weight excluding hydrogens is 300 g/mol. The number of halogens is 1. The number of aromatic nitrogens is 2. The molecule has 0 atom stereocenters. The molecule has 0 spiro atoms. The highest BCUT2D eigenvalue weighted by Gasteiger charge is 2.02. The van der Waals surface area contributed by atoms with Crippen molar-refractivity contribution in [3.05, 3.63) is 71.6 Å². The van der Waals surface area contributed by atoms with E-state index >= 15 is 0 Å². The van der Waals surface area contributed by atoms with Crippen molar-refractivity contribution in [3.8, 4) is 22.4 Å². The summed E-state index contributed by atoms with van der Waals surface area (Å²) >= 11 is 3.45. The zero-order valence-electron chi connectivity index (χ0n) is 10.1. The lowest BCUT2D eigenvalue weighted by Gasteiger charge is -2.05. The third-order valence-electron chi connectivity index (χ3n) is 2.91. The molecule has 0 aliphatic carbocycles. The molecule has 0 aliphatic rings. The fraction of sp³-hybridized carbons (Fsp3) is 0. The molecule has 2 aromatic heterocycles. The van der Waals surface area contributed by atoms with Crippen LogP contribution in [0.5, 0.6) is 0 Å². The van der Waals surface area contributed by atoms with Crippen molar-refractivity contribution in [1.82, 2.24) is 9.97 Å². The van der Waals surface area contributed by atoms with Crippen LogP contribution in [0.4, 0.5) is 0 Å². The largest absolute Gasteiger partial charge is 0.265 e. The first-order valence-corrected chi connectivity index (χ1v) is 6.74. The molecule has 3 rings (SSSR count). The SMILES string of the molecule is Brc1ccc(-c2ccnc(-c3ccncc3)c2)cc1. The highest BCUT2D eigenvalue weighted by molar-refractivity contribution is 9.10. The maximum atomic E-state index is 4.42. The molecule has 0 unspecified atom stereocenters. The second-order valence-electron chi connectivity index (χ2n) is 4.17. The first-order chi connectivity index (χ1) is 9.33. The fourth-order valence-corrected chi connectivity index (χ4v) is 2.20. The van der Waals surface area contributed by atoms with Gasteiger partial charge >= 0.3 is 0 Å². The molecule has 0 fully saturated rings. The third-order valence-corrected chi connectivity index (χ3v) is 3.44. The van der Waals surface area contributed by atoms with Crippen LogP contribution in [-0.4, -0.2) is 9.97 Å². The minimum absolute atomic E-state index is 0.961. The van der Waals surface area contributed by atoms with Crippen molar-refractivity contribution in [2.45, 2.75) is 0 Å². The van der Waals surface area contributed by atoms with Crippen molar-refractivity contribution in [2.75, 3.05) is 0 Å². The summed E-state index contributed by atoms with van der Waals surface area (Å²) in [5.74, 6) is 0. The van der Waals surface area contributed by atoms with Crippen LogP contribution in [0.3, 0.4) is 0 Å². The van der Waals surface area contributed by atoms with Gasteiger partial charge < -0.3 is 0 Å². The number of benzene rings is 1. The highest BCUT2D eigenvalue weighted by Crippen LogP contribution is 2.25. The van der Waals surface area contributed by atoms with Gasteiger partial charge in [-0.15, -0.1) is 0 Å². The minimum atomic E-state index is 0.961. The Morgan fingerprint density at radius 2 is 1.37 bits per heavy atom. The number of rotatable bonds is 2. The van der Waals surface area contributed by atoms with E-state index in [-0.39, 0.29) is 0 Å². The van der Waals surface area contributed by atoms with E-state index in [9.17, 15) is 0 Å². The minimum Gasteiger partial charge on any atom is -0.265 e. The van der Waals surface area contributed by atoms with Crippen molar-refractivity contribution in [2.24, 2.45) is 0 Å². The van der Waals surface area contributed by atoms with Gasteiger partial charge in [-0.05, 0) is 47.5 Å². The van der Waals surface area contributed by atoms with Gasteiger partial charge in [-0.3, -0.25) is 9.97 Å². The number of hydrogen-bond acceptors (Lipinski definition) is 2. The summed E-state index contributed by atoms with van der Waals surface area (Å²) in [6.45, 7) is 0. The first-order valence-electron chi connectivity index (χ1n) is 5.95. The van der Waals surface area contributed by atoms with Gasteiger partial charge in [-0.2, -0.15) is 0 Å². The van der Waals surface area contributed by atoms with E-state index in [1.165, 1.54) is 5.56 Å². The van der Waals surface area contributed by atoms with Gasteiger partial charge in [0.15, 0.2) is 0 Å². The van der Waals surface area contributed by atoms with Crippen LogP contribution in [0.1, 0.15) is 0 Å². The summed E-state index contributed by atoms with van der Waals surface area (Å²) in [6.07, 6.45) is 5.40. The summed E-state index contributed by atoms with van der Waals surface area (Å²) < 4.78 is 1.08. The van der Waals surface area contributed by atoms with Crippen molar-refractivity contribution in [3.63, 3.8) is 0 Å². The Hall–Kier alpha value is -2.00. The quantitative estimate of drug-likeness (QED) is 0.692. The van der Waals surface area contributed by atoms with E-state index in [1.807, 2.05) is 36.5 Å². The molecule has 92 valence electrons. The number of pyridine rings is 2. The van der Waals surface area contributed by atoms with Crippen molar-refractivity contribution >= 4 is 15.9 Å². The second-order valence-corrected chi connectivity index (χ2v) is 5.09. The predicted molar refractivity (Wildman–Crippen MR) is 80.6 cm³/mol. The maximum absolute atomic E-state index is 4.42. The molecule has 0 amide bonds. The molecule has 0 saturated heterocycles. The van der Waals surface area contributed by atoms with Crippen LogP contribution >= 0.6 is 15.9 Å². The van der Waals surface area contributed by atoms with Gasteiger partial charge in [0, 0.05) is 28.6 Å². The average molecular weight is 311 g/mol. The van der Waals surface area contributed by atoms with Gasteiger partial charge in [0.2, 0.25) is 0 Å². The summed E-state index contributed by atoms with van der Waals surface area (Å²) in [6, 6.07) is 16.3. The Balaban J connectivity index is 2.03. The number of nitrogens with zero attached hydrogens (tertiary/aromatic N) is 2. The molecular formula is C16H11BrN2. The Morgan fingerprint density at radius 3 is 2.11 bits per heavy atom. The number of hydrogen-bond donors (Lipinski definition) is 0. The molecule has 0 aliphatic heterocycles.